The largest absolute Gasteiger partial charge is 0.483 e. The number of nitriles is 1. The quantitative estimate of drug-likeness (QED) is 0.520. The zero-order chi connectivity index (χ0) is 24.7. The molecule has 5 atom stereocenters. The second-order valence-corrected chi connectivity index (χ2v) is 8.98. The first-order valence-corrected chi connectivity index (χ1v) is 11.4. The molecule has 0 spiro atoms. The summed E-state index contributed by atoms with van der Waals surface area (Å²) in [4.78, 5) is 24.7. The van der Waals surface area contributed by atoms with Crippen molar-refractivity contribution in [1.29, 1.82) is 5.26 Å². The van der Waals surface area contributed by atoms with Gasteiger partial charge in [-0.05, 0) is 29.8 Å². The molecule has 1 N–H and O–H groups in total. The predicted molar refractivity (Wildman–Crippen MR) is 123 cm³/mol. The molecule has 0 saturated carbocycles. The van der Waals surface area contributed by atoms with E-state index in [0.29, 0.717) is 16.5 Å². The molecule has 2 aromatic carbocycles. The maximum absolute atomic E-state index is 13.4. The molecular formula is C25H20ClFN2O6. The Morgan fingerprint density at radius 3 is 2.63 bits per heavy atom. The maximum atomic E-state index is 13.4. The van der Waals surface area contributed by atoms with Gasteiger partial charge in [0.05, 0.1) is 31.4 Å². The summed E-state index contributed by atoms with van der Waals surface area (Å²) in [5, 5.41) is 18.5. The highest BCUT2D eigenvalue weighted by atomic mass is 35.5. The van der Waals surface area contributed by atoms with Crippen LogP contribution < -0.4 is 10.3 Å². The van der Waals surface area contributed by atoms with E-state index < -0.39 is 41.1 Å². The lowest BCUT2D eigenvalue weighted by atomic mass is 9.97. The highest BCUT2D eigenvalue weighted by molar-refractivity contribution is 6.29. The average Bonchev–Trinajstić information content (AvgIpc) is 3.45. The number of pyridine rings is 1. The van der Waals surface area contributed by atoms with Crippen molar-refractivity contribution in [3.63, 3.8) is 0 Å². The number of alkyl halides is 1. The zero-order valence-corrected chi connectivity index (χ0v) is 19.0. The van der Waals surface area contributed by atoms with Crippen LogP contribution >= 0.6 is 11.6 Å². The number of fused-ring (bicyclic) bond motifs is 2. The van der Waals surface area contributed by atoms with Crippen molar-refractivity contribution >= 4 is 28.5 Å². The van der Waals surface area contributed by atoms with E-state index in [0.717, 1.165) is 0 Å². The number of carbonyl (C=O) groups is 1. The second-order valence-electron chi connectivity index (χ2n) is 8.51. The van der Waals surface area contributed by atoms with Crippen molar-refractivity contribution in [2.75, 3.05) is 13.2 Å². The average molecular weight is 499 g/mol. The highest BCUT2D eigenvalue weighted by Crippen LogP contribution is 2.38. The van der Waals surface area contributed by atoms with Crippen molar-refractivity contribution < 1.29 is 28.5 Å². The van der Waals surface area contributed by atoms with E-state index in [4.69, 9.17) is 25.8 Å². The Balaban J connectivity index is 1.51. The van der Waals surface area contributed by atoms with Gasteiger partial charge in [-0.3, -0.25) is 9.59 Å². The number of aliphatic carboxylic acids is 1. The first-order valence-electron chi connectivity index (χ1n) is 11.0. The molecule has 8 nitrogen and oxygen atoms in total. The SMILES string of the molecule is N#Cc1c(O[C@H]2CO[C@H]3[C@H]2OC[C@@H]3C(Cl)C(=O)O)c2ccccc2n(Cc2ccc(F)cc2)c1=O. The molecule has 2 aliphatic rings. The molecule has 2 aliphatic heterocycles. The molecule has 1 aromatic heterocycles. The Hall–Kier alpha value is -3.45. The van der Waals surface area contributed by atoms with E-state index >= 15 is 0 Å². The Bertz CT molecular complexity index is 1390. The van der Waals surface area contributed by atoms with Crippen LogP contribution in [-0.2, 0) is 20.8 Å². The number of rotatable bonds is 6. The summed E-state index contributed by atoms with van der Waals surface area (Å²) in [6.07, 6.45) is -1.83. The third kappa shape index (κ3) is 4.14. The van der Waals surface area contributed by atoms with Crippen LogP contribution in [0.5, 0.6) is 5.75 Å². The minimum absolute atomic E-state index is 0.0902. The summed E-state index contributed by atoms with van der Waals surface area (Å²) < 4.78 is 32.5. The lowest BCUT2D eigenvalue weighted by molar-refractivity contribution is -0.138. The molecule has 0 bridgehead atoms. The van der Waals surface area contributed by atoms with Gasteiger partial charge < -0.3 is 23.9 Å². The minimum atomic E-state index is -1.17. The van der Waals surface area contributed by atoms with Gasteiger partial charge in [0.2, 0.25) is 0 Å². The Labute approximate surface area is 204 Å². The number of hydrogen-bond acceptors (Lipinski definition) is 6. The number of hydrogen-bond donors (Lipinski definition) is 1. The van der Waals surface area contributed by atoms with Gasteiger partial charge in [-0.1, -0.05) is 24.3 Å². The van der Waals surface area contributed by atoms with E-state index in [9.17, 15) is 24.3 Å². The number of nitrogens with zero attached hydrogens (tertiary/aromatic N) is 2. The number of carboxylic acid groups (broad SMARTS) is 1. The van der Waals surface area contributed by atoms with Gasteiger partial charge in [-0.15, -0.1) is 11.6 Å². The van der Waals surface area contributed by atoms with Crippen molar-refractivity contribution in [3.8, 4) is 11.8 Å². The van der Waals surface area contributed by atoms with Crippen molar-refractivity contribution in [1.82, 2.24) is 4.57 Å². The summed E-state index contributed by atoms with van der Waals surface area (Å²) in [5.41, 5.74) is 0.522. The lowest BCUT2D eigenvalue weighted by Crippen LogP contribution is -2.37. The smallest absolute Gasteiger partial charge is 0.322 e. The molecule has 0 amide bonds. The van der Waals surface area contributed by atoms with Crippen LogP contribution in [0.15, 0.2) is 53.3 Å². The lowest BCUT2D eigenvalue weighted by Gasteiger charge is -2.21. The maximum Gasteiger partial charge on any atom is 0.322 e. The van der Waals surface area contributed by atoms with Gasteiger partial charge in [0.1, 0.15) is 23.4 Å². The van der Waals surface area contributed by atoms with Crippen LogP contribution in [0, 0.1) is 23.1 Å². The third-order valence-corrected chi connectivity index (χ3v) is 6.93. The number of benzene rings is 2. The molecule has 1 unspecified atom stereocenters. The van der Waals surface area contributed by atoms with Gasteiger partial charge in [-0.25, -0.2) is 4.39 Å². The number of carboxylic acids is 1. The Morgan fingerprint density at radius 2 is 1.91 bits per heavy atom. The van der Waals surface area contributed by atoms with Crippen molar-refractivity contribution in [2.45, 2.75) is 30.2 Å². The van der Waals surface area contributed by atoms with Crippen LogP contribution in [0.1, 0.15) is 11.1 Å². The third-order valence-electron chi connectivity index (χ3n) is 6.42. The zero-order valence-electron chi connectivity index (χ0n) is 18.3. The Morgan fingerprint density at radius 1 is 1.20 bits per heavy atom. The molecular weight excluding hydrogens is 479 g/mol. The second kappa shape index (κ2) is 9.30. The van der Waals surface area contributed by atoms with E-state index in [2.05, 4.69) is 0 Å². The molecule has 2 saturated heterocycles. The van der Waals surface area contributed by atoms with Crippen LogP contribution in [0.3, 0.4) is 0 Å². The number of halogens is 2. The van der Waals surface area contributed by atoms with Gasteiger partial charge in [0.25, 0.3) is 5.56 Å². The minimum Gasteiger partial charge on any atom is -0.483 e. The van der Waals surface area contributed by atoms with E-state index in [1.165, 1.54) is 16.7 Å². The molecule has 3 aromatic rings. The summed E-state index contributed by atoms with van der Waals surface area (Å²) in [7, 11) is 0. The predicted octanol–water partition coefficient (Wildman–Crippen LogP) is 2.91. The summed E-state index contributed by atoms with van der Waals surface area (Å²) in [6, 6.07) is 14.8. The van der Waals surface area contributed by atoms with Crippen LogP contribution in [0.2, 0.25) is 0 Å². The van der Waals surface area contributed by atoms with Crippen molar-refractivity contribution in [3.05, 3.63) is 75.8 Å². The fourth-order valence-electron chi connectivity index (χ4n) is 4.71. The molecule has 0 aliphatic carbocycles. The molecule has 5 rings (SSSR count). The molecule has 35 heavy (non-hydrogen) atoms. The Kier molecular flexibility index (Phi) is 6.19. The number of ether oxygens (including phenoxy) is 3. The number of aromatic nitrogens is 1. The number of para-hydroxylation sites is 1. The van der Waals surface area contributed by atoms with Crippen LogP contribution in [0.25, 0.3) is 10.9 Å². The highest BCUT2D eigenvalue weighted by Gasteiger charge is 2.52. The van der Waals surface area contributed by atoms with Crippen molar-refractivity contribution in [2.24, 2.45) is 5.92 Å². The standard InChI is InChI=1S/C25H20ClFN2O6/c26-20(25(31)32)17-11-33-23-19(12-34-22(17)23)35-21-15-3-1-2-4-18(15)29(24(30)16(21)9-28)10-13-5-7-14(27)8-6-13/h1-8,17,19-20,22-23H,10-12H2,(H,31,32)/t17-,19+,20?,22-,23+/m1/s1. The topological polar surface area (TPSA) is 111 Å². The summed E-state index contributed by atoms with van der Waals surface area (Å²) in [5.74, 6) is -1.98. The van der Waals surface area contributed by atoms with E-state index in [1.807, 2.05) is 6.07 Å². The van der Waals surface area contributed by atoms with E-state index in [1.54, 1.807) is 36.4 Å². The summed E-state index contributed by atoms with van der Waals surface area (Å²) in [6.45, 7) is 0.330. The van der Waals surface area contributed by atoms with Crippen LogP contribution in [0.4, 0.5) is 4.39 Å². The van der Waals surface area contributed by atoms with Gasteiger partial charge in [0, 0.05) is 11.3 Å². The molecule has 10 heteroatoms. The first kappa shape index (κ1) is 23.3. The first-order chi connectivity index (χ1) is 16.9. The monoisotopic (exact) mass is 498 g/mol. The fraction of sp³-hybridized carbons (Fsp3) is 0.320. The van der Waals surface area contributed by atoms with Gasteiger partial charge >= 0.3 is 5.97 Å². The van der Waals surface area contributed by atoms with Crippen LogP contribution in [-0.4, -0.2) is 52.5 Å². The normalized spacial score (nSPS) is 24.1. The van der Waals surface area contributed by atoms with Gasteiger partial charge in [-0.2, -0.15) is 5.26 Å². The molecule has 0 radical (unpaired) electrons. The molecule has 3 heterocycles. The molecule has 2 fully saturated rings. The fourth-order valence-corrected chi connectivity index (χ4v) is 4.92. The molecule has 180 valence electrons. The summed E-state index contributed by atoms with van der Waals surface area (Å²) >= 11 is 6.03. The van der Waals surface area contributed by atoms with Gasteiger partial charge in [0.15, 0.2) is 17.4 Å². The van der Waals surface area contributed by atoms with E-state index in [-0.39, 0.29) is 36.9 Å².